The maximum atomic E-state index is 11.1. The quantitative estimate of drug-likeness (QED) is 0.267. The molecule has 4 aliphatic rings. The van der Waals surface area contributed by atoms with E-state index >= 15 is 0 Å². The van der Waals surface area contributed by atoms with E-state index in [9.17, 15) is 9.90 Å². The summed E-state index contributed by atoms with van der Waals surface area (Å²) in [5, 5.41) is 11.1. The monoisotopic (exact) mass is 568 g/mol. The molecule has 3 aromatic rings. The molecule has 2 nitrogen and oxygen atoms in total. The molecule has 218 valence electrons. The Hall–Kier alpha value is -2.52. The lowest BCUT2D eigenvalue weighted by Gasteiger charge is -2.57. The van der Waals surface area contributed by atoms with Crippen molar-refractivity contribution in [3.8, 4) is 0 Å². The zero-order valence-electron chi connectivity index (χ0n) is 25.9. The van der Waals surface area contributed by atoms with Gasteiger partial charge in [-0.2, -0.15) is 0 Å². The zero-order valence-corrected chi connectivity index (χ0v) is 26.7. The molecule has 0 aliphatic heterocycles. The number of carboxylic acid groups (broad SMARTS) is 1. The van der Waals surface area contributed by atoms with Gasteiger partial charge in [0.15, 0.2) is 14.7 Å². The Kier molecular flexibility index (Phi) is 9.04. The van der Waals surface area contributed by atoms with Crippen molar-refractivity contribution in [2.75, 3.05) is 0 Å². The van der Waals surface area contributed by atoms with Gasteiger partial charge in [-0.25, -0.2) is 0 Å². The van der Waals surface area contributed by atoms with Crippen molar-refractivity contribution in [1.29, 1.82) is 0 Å². The van der Waals surface area contributed by atoms with Crippen molar-refractivity contribution < 1.29 is 9.90 Å². The van der Waals surface area contributed by atoms with E-state index in [1.807, 2.05) is 0 Å². The van der Waals surface area contributed by atoms with E-state index in [2.05, 4.69) is 114 Å². The minimum atomic E-state index is -0.758. The maximum Gasteiger partial charge on any atom is 0.166 e. The van der Waals surface area contributed by atoms with E-state index < -0.39 is 11.4 Å². The summed E-state index contributed by atoms with van der Waals surface area (Å²) < 4.78 is 0. The van der Waals surface area contributed by atoms with Gasteiger partial charge in [0.2, 0.25) is 0 Å². The maximum absolute atomic E-state index is 11.1. The molecule has 0 aromatic heterocycles. The molecule has 4 saturated carbocycles. The summed E-state index contributed by atoms with van der Waals surface area (Å²) in [4.78, 5) is 15.3. The average Bonchev–Trinajstić information content (AvgIpc) is 2.94. The van der Waals surface area contributed by atoms with Gasteiger partial charge in [-0.3, -0.25) is 0 Å². The van der Waals surface area contributed by atoms with Crippen molar-refractivity contribution >= 4 is 16.9 Å². The number of carbonyl (C=O) groups excluding carboxylic acids is 1. The topological polar surface area (TPSA) is 40.1 Å². The van der Waals surface area contributed by atoms with Gasteiger partial charge in [0.1, 0.15) is 0 Å². The van der Waals surface area contributed by atoms with Crippen molar-refractivity contribution in [2.45, 2.75) is 113 Å². The molecule has 3 heteroatoms. The van der Waals surface area contributed by atoms with E-state index in [1.54, 1.807) is 0 Å². The molecular formula is C38H48O2S. The number of benzene rings is 3. The van der Waals surface area contributed by atoms with E-state index in [-0.39, 0.29) is 10.9 Å². The van der Waals surface area contributed by atoms with Crippen LogP contribution in [0.5, 0.6) is 0 Å². The first-order valence-corrected chi connectivity index (χ1v) is 17.0. The molecule has 3 aromatic carbocycles. The Morgan fingerprint density at radius 3 is 1.07 bits per heavy atom. The van der Waals surface area contributed by atoms with Crippen LogP contribution in [0.15, 0.2) is 87.5 Å². The third-order valence-corrected chi connectivity index (χ3v) is 12.0. The number of rotatable bonds is 7. The number of hydrogen-bond acceptors (Lipinski definition) is 2. The summed E-state index contributed by atoms with van der Waals surface area (Å²) in [6.07, 6.45) is 6.65. The van der Waals surface area contributed by atoms with Crippen molar-refractivity contribution in [3.05, 3.63) is 89.5 Å². The average molecular weight is 569 g/mol. The van der Waals surface area contributed by atoms with Crippen LogP contribution in [0.25, 0.3) is 0 Å². The fraction of sp³-hybridized carbons (Fsp3) is 0.500. The Morgan fingerprint density at radius 1 is 0.585 bits per heavy atom. The molecule has 4 fully saturated rings. The molecule has 0 heterocycles. The summed E-state index contributed by atoms with van der Waals surface area (Å²) in [7, 11) is -0.0791. The molecule has 0 atom stereocenters. The van der Waals surface area contributed by atoms with Gasteiger partial charge < -0.3 is 9.90 Å². The van der Waals surface area contributed by atoms with E-state index in [4.69, 9.17) is 0 Å². The van der Waals surface area contributed by atoms with Gasteiger partial charge in [0.05, 0.1) is 10.9 Å². The van der Waals surface area contributed by atoms with Gasteiger partial charge in [0.25, 0.3) is 0 Å². The van der Waals surface area contributed by atoms with E-state index in [0.717, 1.165) is 19.3 Å². The molecule has 4 aliphatic carbocycles. The van der Waals surface area contributed by atoms with Gasteiger partial charge >= 0.3 is 0 Å². The number of carbonyl (C=O) groups is 1. The first-order valence-electron chi connectivity index (χ1n) is 15.8. The van der Waals surface area contributed by atoms with E-state index in [0.29, 0.717) is 35.5 Å². The van der Waals surface area contributed by atoms with Crippen LogP contribution in [0.4, 0.5) is 0 Å². The van der Waals surface area contributed by atoms with Crippen molar-refractivity contribution in [3.63, 3.8) is 0 Å². The predicted molar refractivity (Wildman–Crippen MR) is 169 cm³/mol. The molecule has 41 heavy (non-hydrogen) atoms. The van der Waals surface area contributed by atoms with Crippen LogP contribution in [-0.2, 0) is 15.7 Å². The second-order valence-corrected chi connectivity index (χ2v) is 16.0. The Balaban J connectivity index is 0.000000213. The highest BCUT2D eigenvalue weighted by Gasteiger charge is 2.51. The summed E-state index contributed by atoms with van der Waals surface area (Å²) in [6.45, 7) is 13.5. The normalized spacial score (nSPS) is 24.7. The number of hydrogen-bond donors (Lipinski definition) is 0. The first-order chi connectivity index (χ1) is 19.5. The van der Waals surface area contributed by atoms with Crippen LogP contribution in [0.1, 0.15) is 115 Å². The van der Waals surface area contributed by atoms with Gasteiger partial charge in [0, 0.05) is 11.4 Å². The summed E-state index contributed by atoms with van der Waals surface area (Å²) in [5.41, 5.74) is 3.81. The standard InChI is InChI=1S/C27H33S.C11H16O2/c1-19(2)22-7-13-25(14-8-22)28(26-15-9-23(10-16-26)20(3)4)27-17-11-24(12-18-27)21(5)6;12-10(13)11-4-7-1-8(5-11)3-9(2-7)6-11/h7-21H,1-6H3;7-9H,1-6H2,(H,12,13)/q+1;/p-1. The zero-order chi connectivity index (χ0) is 29.3. The molecule has 0 saturated heterocycles. The lowest BCUT2D eigenvalue weighted by Crippen LogP contribution is -2.54. The summed E-state index contributed by atoms with van der Waals surface area (Å²) in [6, 6.07) is 27.7. The second kappa shape index (κ2) is 12.4. The highest BCUT2D eigenvalue weighted by atomic mass is 32.2. The Labute approximate surface area is 251 Å². The fourth-order valence-corrected chi connectivity index (χ4v) is 9.78. The van der Waals surface area contributed by atoms with Gasteiger partial charge in [-0.1, -0.05) is 77.9 Å². The fourth-order valence-electron chi connectivity index (χ4n) is 7.74. The highest BCUT2D eigenvalue weighted by Crippen LogP contribution is 2.59. The molecule has 0 radical (unpaired) electrons. The molecule has 0 unspecified atom stereocenters. The van der Waals surface area contributed by atoms with Gasteiger partial charge in [-0.15, -0.1) is 0 Å². The van der Waals surface area contributed by atoms with Gasteiger partial charge in [-0.05, 0) is 127 Å². The summed E-state index contributed by atoms with van der Waals surface area (Å²) >= 11 is 0. The Morgan fingerprint density at radius 2 is 0.854 bits per heavy atom. The third-order valence-electron chi connectivity index (χ3n) is 9.82. The van der Waals surface area contributed by atoms with E-state index in [1.165, 1.54) is 50.6 Å². The minimum absolute atomic E-state index is 0.0791. The van der Waals surface area contributed by atoms with Crippen LogP contribution in [0.3, 0.4) is 0 Å². The highest BCUT2D eigenvalue weighted by molar-refractivity contribution is 7.97. The molecule has 0 N–H and O–H groups in total. The smallest absolute Gasteiger partial charge is 0.166 e. The first kappa shape index (κ1) is 30.0. The lowest BCUT2D eigenvalue weighted by molar-refractivity contribution is -0.327. The minimum Gasteiger partial charge on any atom is -0.550 e. The molecule has 7 rings (SSSR count). The molecular weight excluding hydrogens is 520 g/mol. The predicted octanol–water partition coefficient (Wildman–Crippen LogP) is 9.10. The number of carboxylic acids is 1. The van der Waals surface area contributed by atoms with Crippen LogP contribution < -0.4 is 5.11 Å². The van der Waals surface area contributed by atoms with Crippen LogP contribution >= 0.6 is 0 Å². The summed E-state index contributed by atoms with van der Waals surface area (Å²) in [5.74, 6) is 3.06. The van der Waals surface area contributed by atoms with Crippen molar-refractivity contribution in [2.24, 2.45) is 23.2 Å². The third kappa shape index (κ3) is 6.61. The van der Waals surface area contributed by atoms with Crippen LogP contribution in [0.2, 0.25) is 0 Å². The second-order valence-electron chi connectivity index (χ2n) is 14.0. The SMILES string of the molecule is CC(C)c1ccc([S+](c2ccc(C(C)C)cc2)c2ccc(C(C)C)cc2)cc1.O=C([O-])C12CC3CC(CC(C3)C1)C2. The molecule has 0 amide bonds. The van der Waals surface area contributed by atoms with Crippen molar-refractivity contribution in [1.82, 2.24) is 0 Å². The number of aliphatic carboxylic acids is 1. The Bertz CT molecular complexity index is 1140. The van der Waals surface area contributed by atoms with Crippen LogP contribution in [0, 0.1) is 23.2 Å². The largest absolute Gasteiger partial charge is 0.550 e. The van der Waals surface area contributed by atoms with Crippen LogP contribution in [-0.4, -0.2) is 5.97 Å². The lowest BCUT2D eigenvalue weighted by atomic mass is 9.49. The molecule has 4 bridgehead atoms. The molecule has 0 spiro atoms.